The van der Waals surface area contributed by atoms with Gasteiger partial charge in [-0.05, 0) is 41.5 Å². The lowest BCUT2D eigenvalue weighted by Crippen LogP contribution is -2.52. The molecule has 0 spiro atoms. The second-order valence-corrected chi connectivity index (χ2v) is 10.3. The van der Waals surface area contributed by atoms with Crippen LogP contribution in [0.25, 0.3) is 0 Å². The van der Waals surface area contributed by atoms with Crippen molar-refractivity contribution in [1.82, 2.24) is 16.0 Å². The van der Waals surface area contributed by atoms with Crippen molar-refractivity contribution in [2.24, 2.45) is 11.8 Å². The summed E-state index contributed by atoms with van der Waals surface area (Å²) in [6.45, 7) is 7.51. The normalized spacial score (nSPS) is 14.3. The van der Waals surface area contributed by atoms with Crippen molar-refractivity contribution in [3.05, 3.63) is 71.3 Å². The third-order valence-electron chi connectivity index (χ3n) is 6.21. The highest BCUT2D eigenvalue weighted by Gasteiger charge is 2.30. The Morgan fingerprint density at radius 2 is 1.44 bits per heavy atom. The molecule has 10 nitrogen and oxygen atoms in total. The van der Waals surface area contributed by atoms with Crippen molar-refractivity contribution >= 4 is 23.7 Å². The average molecular weight is 542 g/mol. The van der Waals surface area contributed by atoms with E-state index in [1.807, 2.05) is 13.8 Å². The van der Waals surface area contributed by atoms with Gasteiger partial charge in [-0.15, -0.1) is 0 Å². The Balaban J connectivity index is 1.98. The van der Waals surface area contributed by atoms with E-state index in [1.54, 1.807) is 56.3 Å². The van der Waals surface area contributed by atoms with Crippen LogP contribution in [0.4, 0.5) is 0 Å². The first-order valence-corrected chi connectivity index (χ1v) is 13.0. The lowest BCUT2D eigenvalue weighted by Gasteiger charge is -2.28. The number of carboxylic acid groups (broad SMARTS) is 1. The Hall–Kier alpha value is -3.76. The van der Waals surface area contributed by atoms with Gasteiger partial charge in [0, 0.05) is 6.54 Å². The summed E-state index contributed by atoms with van der Waals surface area (Å²) in [5, 5.41) is 38.3. The molecular formula is C29H39N3O7. The number of aromatic carboxylic acids is 1. The van der Waals surface area contributed by atoms with Gasteiger partial charge < -0.3 is 31.3 Å². The minimum Gasteiger partial charge on any atom is -0.478 e. The molecule has 0 aliphatic heterocycles. The van der Waals surface area contributed by atoms with Crippen LogP contribution in [0.15, 0.2) is 54.6 Å². The number of carboxylic acids is 1. The van der Waals surface area contributed by atoms with Crippen LogP contribution in [0.1, 0.15) is 68.1 Å². The van der Waals surface area contributed by atoms with Crippen LogP contribution in [-0.2, 0) is 20.9 Å². The molecule has 0 saturated carbocycles. The highest BCUT2D eigenvalue weighted by atomic mass is 16.4. The lowest BCUT2D eigenvalue weighted by atomic mass is 9.96. The van der Waals surface area contributed by atoms with Crippen molar-refractivity contribution < 1.29 is 34.5 Å². The zero-order valence-corrected chi connectivity index (χ0v) is 22.8. The number of carbonyl (C=O) groups is 4. The Morgan fingerprint density at radius 1 is 0.821 bits per heavy atom. The molecule has 2 rings (SSSR count). The van der Waals surface area contributed by atoms with Gasteiger partial charge in [0.15, 0.2) is 6.10 Å². The number of nitrogens with one attached hydrogen (secondary N) is 3. The maximum atomic E-state index is 12.8. The smallest absolute Gasteiger partial charge is 0.335 e. The quantitative estimate of drug-likeness (QED) is 0.213. The molecule has 0 fully saturated rings. The van der Waals surface area contributed by atoms with Gasteiger partial charge in [-0.1, -0.05) is 70.2 Å². The highest BCUT2D eigenvalue weighted by molar-refractivity contribution is 5.88. The number of aliphatic hydroxyl groups excluding tert-OH is 2. The molecule has 10 heteroatoms. The molecular weight excluding hydrogens is 502 g/mol. The fraction of sp³-hybridized carbons (Fsp3) is 0.448. The van der Waals surface area contributed by atoms with Gasteiger partial charge in [0.05, 0.1) is 24.1 Å². The molecule has 0 bridgehead atoms. The van der Waals surface area contributed by atoms with E-state index in [1.165, 1.54) is 12.1 Å². The van der Waals surface area contributed by atoms with Crippen molar-refractivity contribution in [2.45, 2.75) is 71.4 Å². The monoisotopic (exact) mass is 541 g/mol. The van der Waals surface area contributed by atoms with E-state index in [0.29, 0.717) is 17.5 Å². The number of amides is 3. The summed E-state index contributed by atoms with van der Waals surface area (Å²) >= 11 is 0. The number of hydrogen-bond acceptors (Lipinski definition) is 6. The minimum absolute atomic E-state index is 0.0839. The predicted octanol–water partition coefficient (Wildman–Crippen LogP) is 2.16. The molecule has 4 atom stereocenters. The number of benzene rings is 2. The predicted molar refractivity (Wildman–Crippen MR) is 145 cm³/mol. The second kappa shape index (κ2) is 15.0. The highest BCUT2D eigenvalue weighted by Crippen LogP contribution is 2.16. The second-order valence-electron chi connectivity index (χ2n) is 10.3. The first-order valence-electron chi connectivity index (χ1n) is 13.0. The molecule has 0 aliphatic carbocycles. The lowest BCUT2D eigenvalue weighted by molar-refractivity contribution is -0.133. The van der Waals surface area contributed by atoms with Crippen LogP contribution < -0.4 is 16.0 Å². The molecule has 0 aromatic heterocycles. The Kier molecular flexibility index (Phi) is 12.1. The van der Waals surface area contributed by atoms with Crippen molar-refractivity contribution in [3.8, 4) is 0 Å². The van der Waals surface area contributed by atoms with Crippen LogP contribution in [0.5, 0.6) is 0 Å². The fourth-order valence-electron chi connectivity index (χ4n) is 4.03. The molecule has 2 aromatic rings. The Morgan fingerprint density at radius 3 is 1.97 bits per heavy atom. The van der Waals surface area contributed by atoms with Gasteiger partial charge in [-0.25, -0.2) is 4.79 Å². The Bertz CT molecular complexity index is 1100. The first kappa shape index (κ1) is 31.5. The molecule has 0 radical (unpaired) electrons. The summed E-state index contributed by atoms with van der Waals surface area (Å²) in [5.41, 5.74) is 1.24. The fourth-order valence-corrected chi connectivity index (χ4v) is 4.03. The standard InChI is InChI=1S/C29H39N3O7/c1-17(2)14-22(31-28(37)26(35)20-8-6-5-7-9-20)23(33)15-24(34)32-25(18(3)4)27(36)30-16-19-10-12-21(13-11-19)29(38)39/h5-13,17-18,22-23,25-26,33,35H,14-16H2,1-4H3,(H,30,36)(H,31,37)(H,32,34)(H,38,39)/t22-,23-,25-,26?/m0/s1. The number of aliphatic hydroxyl groups is 2. The maximum absolute atomic E-state index is 12.8. The molecule has 39 heavy (non-hydrogen) atoms. The first-order chi connectivity index (χ1) is 18.4. The van der Waals surface area contributed by atoms with Crippen LogP contribution in [0.3, 0.4) is 0 Å². The minimum atomic E-state index is -1.42. The topological polar surface area (TPSA) is 165 Å². The zero-order chi connectivity index (χ0) is 29.1. The van der Waals surface area contributed by atoms with Crippen molar-refractivity contribution in [2.75, 3.05) is 0 Å². The largest absolute Gasteiger partial charge is 0.478 e. The average Bonchev–Trinajstić information content (AvgIpc) is 2.89. The number of carbonyl (C=O) groups excluding carboxylic acids is 3. The van der Waals surface area contributed by atoms with Gasteiger partial charge in [0.2, 0.25) is 11.8 Å². The third kappa shape index (κ3) is 10.1. The van der Waals surface area contributed by atoms with Gasteiger partial charge in [0.25, 0.3) is 5.91 Å². The summed E-state index contributed by atoms with van der Waals surface area (Å²) in [4.78, 5) is 49.3. The molecule has 1 unspecified atom stereocenters. The summed E-state index contributed by atoms with van der Waals surface area (Å²) in [5.74, 6) is -2.88. The van der Waals surface area contributed by atoms with E-state index < -0.39 is 48.0 Å². The molecule has 3 amide bonds. The molecule has 212 valence electrons. The number of hydrogen-bond donors (Lipinski definition) is 6. The van der Waals surface area contributed by atoms with Crippen LogP contribution in [-0.4, -0.2) is 57.2 Å². The van der Waals surface area contributed by atoms with E-state index in [0.717, 1.165) is 0 Å². The summed E-state index contributed by atoms with van der Waals surface area (Å²) in [6, 6.07) is 12.8. The summed E-state index contributed by atoms with van der Waals surface area (Å²) in [7, 11) is 0. The SMILES string of the molecule is CC(C)C[C@H](NC(=O)C(O)c1ccccc1)[C@@H](O)CC(=O)N[C@H](C(=O)NCc1ccc(C(=O)O)cc1)C(C)C. The molecule has 0 aliphatic rings. The van der Waals surface area contributed by atoms with E-state index in [-0.39, 0.29) is 30.4 Å². The summed E-state index contributed by atoms with van der Waals surface area (Å²) in [6.07, 6.45) is -2.65. The van der Waals surface area contributed by atoms with Gasteiger partial charge in [-0.2, -0.15) is 0 Å². The van der Waals surface area contributed by atoms with Crippen LogP contribution in [0.2, 0.25) is 0 Å². The van der Waals surface area contributed by atoms with E-state index in [2.05, 4.69) is 16.0 Å². The molecule has 0 saturated heterocycles. The van der Waals surface area contributed by atoms with E-state index in [4.69, 9.17) is 5.11 Å². The zero-order valence-electron chi connectivity index (χ0n) is 22.8. The summed E-state index contributed by atoms with van der Waals surface area (Å²) < 4.78 is 0. The van der Waals surface area contributed by atoms with Gasteiger partial charge >= 0.3 is 5.97 Å². The maximum Gasteiger partial charge on any atom is 0.335 e. The van der Waals surface area contributed by atoms with E-state index >= 15 is 0 Å². The molecule has 6 N–H and O–H groups in total. The molecule has 2 aromatic carbocycles. The van der Waals surface area contributed by atoms with Crippen LogP contribution >= 0.6 is 0 Å². The van der Waals surface area contributed by atoms with Gasteiger partial charge in [0.1, 0.15) is 6.04 Å². The van der Waals surface area contributed by atoms with Crippen molar-refractivity contribution in [3.63, 3.8) is 0 Å². The van der Waals surface area contributed by atoms with E-state index in [9.17, 15) is 29.4 Å². The van der Waals surface area contributed by atoms with Gasteiger partial charge in [-0.3, -0.25) is 14.4 Å². The van der Waals surface area contributed by atoms with Crippen LogP contribution in [0, 0.1) is 11.8 Å². The third-order valence-corrected chi connectivity index (χ3v) is 6.21. The molecule has 0 heterocycles. The Labute approximate surface area is 228 Å². The van der Waals surface area contributed by atoms with Crippen molar-refractivity contribution in [1.29, 1.82) is 0 Å². The number of rotatable bonds is 14.